The van der Waals surface area contributed by atoms with Crippen LogP contribution in [-0.2, 0) is 6.42 Å². The van der Waals surface area contributed by atoms with Gasteiger partial charge in [0.1, 0.15) is 0 Å². The second-order valence-corrected chi connectivity index (χ2v) is 4.97. The van der Waals surface area contributed by atoms with Gasteiger partial charge >= 0.3 is 0 Å². The van der Waals surface area contributed by atoms with Crippen LogP contribution in [0.3, 0.4) is 0 Å². The minimum absolute atomic E-state index is 0.464. The van der Waals surface area contributed by atoms with Gasteiger partial charge in [0.05, 0.1) is 0 Å². The van der Waals surface area contributed by atoms with Gasteiger partial charge in [-0.3, -0.25) is 0 Å². The van der Waals surface area contributed by atoms with Gasteiger partial charge in [-0.25, -0.2) is 0 Å². The predicted octanol–water partition coefficient (Wildman–Crippen LogP) is 3.80. The van der Waals surface area contributed by atoms with Gasteiger partial charge in [-0.1, -0.05) is 52.0 Å². The summed E-state index contributed by atoms with van der Waals surface area (Å²) in [4.78, 5) is 0. The molecule has 0 saturated heterocycles. The monoisotopic (exact) mass is 219 g/mol. The topological polar surface area (TPSA) is 12.0 Å². The normalized spacial score (nSPS) is 15.1. The summed E-state index contributed by atoms with van der Waals surface area (Å²) in [6.07, 6.45) is 1.11. The smallest absolute Gasteiger partial charge is 0.0346 e. The molecule has 0 aromatic heterocycles. The van der Waals surface area contributed by atoms with Crippen LogP contribution in [0.5, 0.6) is 0 Å². The lowest BCUT2D eigenvalue weighted by molar-refractivity contribution is 0.317. The maximum Gasteiger partial charge on any atom is 0.0346 e. The van der Waals surface area contributed by atoms with Crippen LogP contribution in [0.25, 0.3) is 0 Å². The Labute approximate surface area is 100 Å². The molecular formula is C15H25N. The van der Waals surface area contributed by atoms with E-state index in [4.69, 9.17) is 0 Å². The molecule has 0 spiro atoms. The number of hydrogen-bond donors (Lipinski definition) is 1. The maximum atomic E-state index is 3.45. The number of benzene rings is 1. The molecule has 2 unspecified atom stereocenters. The van der Waals surface area contributed by atoms with Crippen molar-refractivity contribution >= 4 is 0 Å². The van der Waals surface area contributed by atoms with Crippen molar-refractivity contribution in [1.29, 1.82) is 0 Å². The molecule has 2 atom stereocenters. The van der Waals surface area contributed by atoms with Gasteiger partial charge in [0.15, 0.2) is 0 Å². The van der Waals surface area contributed by atoms with Crippen LogP contribution in [0.15, 0.2) is 24.3 Å². The molecule has 0 aliphatic rings. The number of nitrogens with one attached hydrogen (secondary N) is 1. The fraction of sp³-hybridized carbons (Fsp3) is 0.600. The van der Waals surface area contributed by atoms with Crippen molar-refractivity contribution in [2.75, 3.05) is 7.05 Å². The highest BCUT2D eigenvalue weighted by molar-refractivity contribution is 5.26. The Bertz CT molecular complexity index is 317. The molecule has 0 aliphatic heterocycles. The molecule has 1 aromatic rings. The largest absolute Gasteiger partial charge is 0.313 e. The van der Waals surface area contributed by atoms with Gasteiger partial charge < -0.3 is 5.32 Å². The van der Waals surface area contributed by atoms with Gasteiger partial charge in [-0.15, -0.1) is 0 Å². The lowest BCUT2D eigenvalue weighted by Gasteiger charge is -2.27. The first kappa shape index (κ1) is 13.2. The number of hydrogen-bond acceptors (Lipinski definition) is 1. The predicted molar refractivity (Wildman–Crippen MR) is 71.6 cm³/mol. The molecule has 16 heavy (non-hydrogen) atoms. The van der Waals surface area contributed by atoms with Crippen molar-refractivity contribution < 1.29 is 0 Å². The summed E-state index contributed by atoms with van der Waals surface area (Å²) in [6.45, 7) is 9.11. The van der Waals surface area contributed by atoms with E-state index >= 15 is 0 Å². The van der Waals surface area contributed by atoms with E-state index in [9.17, 15) is 0 Å². The Morgan fingerprint density at radius 3 is 2.38 bits per heavy atom. The first-order valence-electron chi connectivity index (χ1n) is 6.36. The minimum atomic E-state index is 0.464. The van der Waals surface area contributed by atoms with E-state index in [0.717, 1.165) is 6.42 Å². The summed E-state index contributed by atoms with van der Waals surface area (Å²) >= 11 is 0. The lowest BCUT2D eigenvalue weighted by Crippen LogP contribution is -2.26. The van der Waals surface area contributed by atoms with E-state index in [1.165, 1.54) is 11.1 Å². The molecule has 0 fully saturated rings. The van der Waals surface area contributed by atoms with Crippen LogP contribution < -0.4 is 5.32 Å². The van der Waals surface area contributed by atoms with Crippen molar-refractivity contribution in [3.8, 4) is 0 Å². The van der Waals surface area contributed by atoms with Crippen LogP contribution in [-0.4, -0.2) is 7.05 Å². The molecule has 90 valence electrons. The average Bonchev–Trinajstić information content (AvgIpc) is 2.30. The highest BCUT2D eigenvalue weighted by Gasteiger charge is 2.20. The number of aryl methyl sites for hydroxylation is 1. The van der Waals surface area contributed by atoms with Crippen molar-refractivity contribution in [1.82, 2.24) is 5.32 Å². The first-order chi connectivity index (χ1) is 7.60. The minimum Gasteiger partial charge on any atom is -0.313 e. The van der Waals surface area contributed by atoms with Crippen molar-refractivity contribution in [2.45, 2.75) is 40.2 Å². The van der Waals surface area contributed by atoms with Crippen molar-refractivity contribution in [2.24, 2.45) is 11.8 Å². The van der Waals surface area contributed by atoms with Crippen molar-refractivity contribution in [3.63, 3.8) is 0 Å². The van der Waals surface area contributed by atoms with Crippen LogP contribution >= 0.6 is 0 Å². The van der Waals surface area contributed by atoms with Gasteiger partial charge in [0.2, 0.25) is 0 Å². The Kier molecular flexibility index (Phi) is 5.01. The summed E-state index contributed by atoms with van der Waals surface area (Å²) in [5.41, 5.74) is 2.84. The Morgan fingerprint density at radius 1 is 1.19 bits per heavy atom. The van der Waals surface area contributed by atoms with E-state index in [1.807, 2.05) is 0 Å². The molecule has 1 aromatic carbocycles. The Hall–Kier alpha value is -0.820. The standard InChI is InChI=1S/C15H25N/c1-6-13-8-7-9-14(10-13)15(16-5)12(4)11(2)3/h7-12,15-16H,6H2,1-5H3. The summed E-state index contributed by atoms with van der Waals surface area (Å²) in [5, 5.41) is 3.45. The van der Waals surface area contributed by atoms with E-state index < -0.39 is 0 Å². The molecule has 1 rings (SSSR count). The molecule has 0 heterocycles. The van der Waals surface area contributed by atoms with E-state index in [0.29, 0.717) is 17.9 Å². The highest BCUT2D eigenvalue weighted by atomic mass is 14.9. The zero-order valence-corrected chi connectivity index (χ0v) is 11.2. The maximum absolute atomic E-state index is 3.45. The van der Waals surface area contributed by atoms with E-state index in [2.05, 4.69) is 64.3 Å². The van der Waals surface area contributed by atoms with Crippen LogP contribution in [0, 0.1) is 11.8 Å². The second-order valence-electron chi connectivity index (χ2n) is 4.97. The summed E-state index contributed by atoms with van der Waals surface area (Å²) in [6, 6.07) is 9.41. The zero-order valence-electron chi connectivity index (χ0n) is 11.2. The molecule has 0 aliphatic carbocycles. The Balaban J connectivity index is 2.94. The number of rotatable bonds is 5. The fourth-order valence-corrected chi connectivity index (χ4v) is 2.12. The SMILES string of the molecule is CCc1cccc(C(NC)C(C)C(C)C)c1. The lowest BCUT2D eigenvalue weighted by atomic mass is 9.85. The third kappa shape index (κ3) is 3.08. The molecule has 0 radical (unpaired) electrons. The second kappa shape index (κ2) is 6.05. The van der Waals surface area contributed by atoms with Crippen molar-refractivity contribution in [3.05, 3.63) is 35.4 Å². The molecule has 0 saturated carbocycles. The molecular weight excluding hydrogens is 194 g/mol. The zero-order chi connectivity index (χ0) is 12.1. The quantitative estimate of drug-likeness (QED) is 0.794. The van der Waals surface area contributed by atoms with Gasteiger partial charge in [0, 0.05) is 6.04 Å². The summed E-state index contributed by atoms with van der Waals surface area (Å²) in [7, 11) is 2.06. The molecule has 1 heteroatoms. The van der Waals surface area contributed by atoms with Crippen LogP contribution in [0.4, 0.5) is 0 Å². The third-order valence-electron chi connectivity index (χ3n) is 3.61. The molecule has 0 amide bonds. The average molecular weight is 219 g/mol. The molecule has 1 nitrogen and oxygen atoms in total. The van der Waals surface area contributed by atoms with E-state index in [-0.39, 0.29) is 0 Å². The Morgan fingerprint density at radius 2 is 1.88 bits per heavy atom. The summed E-state index contributed by atoms with van der Waals surface area (Å²) in [5.74, 6) is 1.35. The molecule has 0 bridgehead atoms. The summed E-state index contributed by atoms with van der Waals surface area (Å²) < 4.78 is 0. The third-order valence-corrected chi connectivity index (χ3v) is 3.61. The van der Waals surface area contributed by atoms with E-state index in [1.54, 1.807) is 0 Å². The van der Waals surface area contributed by atoms with Crippen LogP contribution in [0.1, 0.15) is 44.9 Å². The van der Waals surface area contributed by atoms with Crippen LogP contribution in [0.2, 0.25) is 0 Å². The first-order valence-corrected chi connectivity index (χ1v) is 6.36. The molecule has 1 N–H and O–H groups in total. The van der Waals surface area contributed by atoms with Gasteiger partial charge in [-0.05, 0) is 36.4 Å². The van der Waals surface area contributed by atoms with Gasteiger partial charge in [0.25, 0.3) is 0 Å². The van der Waals surface area contributed by atoms with Gasteiger partial charge in [-0.2, -0.15) is 0 Å². The highest BCUT2D eigenvalue weighted by Crippen LogP contribution is 2.27. The fourth-order valence-electron chi connectivity index (χ4n) is 2.12.